The Morgan fingerprint density at radius 1 is 1.12 bits per heavy atom. The van der Waals surface area contributed by atoms with Gasteiger partial charge in [-0.3, -0.25) is 4.72 Å². The summed E-state index contributed by atoms with van der Waals surface area (Å²) in [5.74, 6) is 0. The molecular formula is C12H13NO2S2. The van der Waals surface area contributed by atoms with E-state index in [4.69, 9.17) is 0 Å². The molecule has 0 radical (unpaired) electrons. The molecule has 2 aromatic rings. The second-order valence-electron chi connectivity index (χ2n) is 3.84. The van der Waals surface area contributed by atoms with Gasteiger partial charge in [-0.05, 0) is 43.7 Å². The van der Waals surface area contributed by atoms with Gasteiger partial charge in [-0.15, -0.1) is 11.3 Å². The summed E-state index contributed by atoms with van der Waals surface area (Å²) in [4.78, 5) is 0.981. The van der Waals surface area contributed by atoms with E-state index < -0.39 is 10.0 Å². The molecule has 0 amide bonds. The first kappa shape index (κ1) is 12.1. The molecule has 0 atom stereocenters. The van der Waals surface area contributed by atoms with E-state index in [1.807, 2.05) is 26.0 Å². The van der Waals surface area contributed by atoms with Crippen molar-refractivity contribution in [3.05, 3.63) is 46.8 Å². The monoisotopic (exact) mass is 267 g/mol. The van der Waals surface area contributed by atoms with Crippen LogP contribution in [-0.2, 0) is 10.0 Å². The van der Waals surface area contributed by atoms with Gasteiger partial charge in [0.2, 0.25) is 0 Å². The lowest BCUT2D eigenvalue weighted by atomic mass is 10.2. The van der Waals surface area contributed by atoms with Gasteiger partial charge in [0.15, 0.2) is 0 Å². The second kappa shape index (κ2) is 4.50. The minimum absolute atomic E-state index is 0.344. The summed E-state index contributed by atoms with van der Waals surface area (Å²) in [6.07, 6.45) is 0. The van der Waals surface area contributed by atoms with Crippen LogP contribution in [0.5, 0.6) is 0 Å². The van der Waals surface area contributed by atoms with Crippen LogP contribution in [0.4, 0.5) is 5.69 Å². The molecule has 3 nitrogen and oxygen atoms in total. The lowest BCUT2D eigenvalue weighted by Gasteiger charge is -2.06. The molecule has 0 aliphatic carbocycles. The maximum Gasteiger partial charge on any atom is 0.271 e. The van der Waals surface area contributed by atoms with Gasteiger partial charge < -0.3 is 0 Å². The van der Waals surface area contributed by atoms with Gasteiger partial charge >= 0.3 is 0 Å². The maximum absolute atomic E-state index is 12.0. The average molecular weight is 267 g/mol. The van der Waals surface area contributed by atoms with Gasteiger partial charge in [0, 0.05) is 10.6 Å². The van der Waals surface area contributed by atoms with Crippen LogP contribution in [-0.4, -0.2) is 8.42 Å². The highest BCUT2D eigenvalue weighted by atomic mass is 32.2. The van der Waals surface area contributed by atoms with Crippen LogP contribution in [0.25, 0.3) is 0 Å². The first-order chi connectivity index (χ1) is 7.97. The number of aryl methyl sites for hydroxylation is 2. The van der Waals surface area contributed by atoms with E-state index in [-0.39, 0.29) is 0 Å². The highest BCUT2D eigenvalue weighted by molar-refractivity contribution is 7.94. The fourth-order valence-electron chi connectivity index (χ4n) is 1.47. The van der Waals surface area contributed by atoms with E-state index in [0.29, 0.717) is 9.90 Å². The molecule has 90 valence electrons. The molecule has 0 spiro atoms. The maximum atomic E-state index is 12.0. The van der Waals surface area contributed by atoms with Crippen molar-refractivity contribution in [3.8, 4) is 0 Å². The summed E-state index contributed by atoms with van der Waals surface area (Å²) in [6, 6.07) is 10.7. The Hall–Kier alpha value is -1.33. The van der Waals surface area contributed by atoms with Crippen LogP contribution in [0.1, 0.15) is 10.4 Å². The molecule has 5 heteroatoms. The van der Waals surface area contributed by atoms with E-state index >= 15 is 0 Å². The Labute approximate surface area is 105 Å². The average Bonchev–Trinajstić information content (AvgIpc) is 2.65. The van der Waals surface area contributed by atoms with Crippen molar-refractivity contribution >= 4 is 27.0 Å². The third-order valence-corrected chi connectivity index (χ3v) is 5.12. The number of nitrogens with one attached hydrogen (secondary N) is 1. The zero-order valence-corrected chi connectivity index (χ0v) is 11.2. The Morgan fingerprint density at radius 2 is 1.88 bits per heavy atom. The summed E-state index contributed by atoms with van der Waals surface area (Å²) in [5, 5.41) is 0. The third-order valence-electron chi connectivity index (χ3n) is 2.25. The van der Waals surface area contributed by atoms with Gasteiger partial charge in [0.1, 0.15) is 4.21 Å². The first-order valence-electron chi connectivity index (χ1n) is 5.13. The topological polar surface area (TPSA) is 46.2 Å². The van der Waals surface area contributed by atoms with Crippen molar-refractivity contribution in [2.45, 2.75) is 18.1 Å². The molecule has 0 bridgehead atoms. The van der Waals surface area contributed by atoms with Crippen LogP contribution >= 0.6 is 11.3 Å². The quantitative estimate of drug-likeness (QED) is 0.928. The summed E-state index contributed by atoms with van der Waals surface area (Å²) >= 11 is 1.27. The minimum atomic E-state index is -3.44. The fourth-order valence-corrected chi connectivity index (χ4v) is 3.80. The normalized spacial score (nSPS) is 11.4. The van der Waals surface area contributed by atoms with Crippen LogP contribution in [0, 0.1) is 13.8 Å². The van der Waals surface area contributed by atoms with E-state index in [1.54, 1.807) is 24.3 Å². The fraction of sp³-hybridized carbons (Fsp3) is 0.167. The number of hydrogen-bond acceptors (Lipinski definition) is 3. The number of benzene rings is 1. The Bertz CT molecular complexity index is 629. The molecule has 1 heterocycles. The molecule has 0 saturated carbocycles. The molecule has 0 fully saturated rings. The predicted octanol–water partition coefficient (Wildman–Crippen LogP) is 3.17. The van der Waals surface area contributed by atoms with Crippen molar-refractivity contribution in [1.82, 2.24) is 0 Å². The van der Waals surface area contributed by atoms with Gasteiger partial charge in [-0.25, -0.2) is 8.42 Å². The van der Waals surface area contributed by atoms with Crippen LogP contribution in [0.2, 0.25) is 0 Å². The SMILES string of the molecule is Cc1cccc(NS(=O)(=O)c2ccc(C)s2)c1. The van der Waals surface area contributed by atoms with E-state index in [2.05, 4.69) is 4.72 Å². The summed E-state index contributed by atoms with van der Waals surface area (Å²) in [6.45, 7) is 3.81. The van der Waals surface area contributed by atoms with Crippen molar-refractivity contribution in [1.29, 1.82) is 0 Å². The molecule has 0 saturated heterocycles. The molecule has 0 aliphatic heterocycles. The van der Waals surface area contributed by atoms with Crippen molar-refractivity contribution in [3.63, 3.8) is 0 Å². The summed E-state index contributed by atoms with van der Waals surface area (Å²) < 4.78 is 27.0. The number of anilines is 1. The van der Waals surface area contributed by atoms with Gasteiger partial charge in [-0.1, -0.05) is 12.1 Å². The first-order valence-corrected chi connectivity index (χ1v) is 7.43. The largest absolute Gasteiger partial charge is 0.279 e. The van der Waals surface area contributed by atoms with Gasteiger partial charge in [-0.2, -0.15) is 0 Å². The number of thiophene rings is 1. The number of hydrogen-bond donors (Lipinski definition) is 1. The van der Waals surface area contributed by atoms with E-state index in [9.17, 15) is 8.42 Å². The molecule has 1 aromatic heterocycles. The van der Waals surface area contributed by atoms with Crippen molar-refractivity contribution in [2.24, 2.45) is 0 Å². The highest BCUT2D eigenvalue weighted by Gasteiger charge is 2.15. The molecule has 17 heavy (non-hydrogen) atoms. The standard InChI is InChI=1S/C12H13NO2S2/c1-9-4-3-5-11(8-9)13-17(14,15)12-7-6-10(2)16-12/h3-8,13H,1-2H3. The van der Waals surface area contributed by atoms with Crippen LogP contribution < -0.4 is 4.72 Å². The Kier molecular flexibility index (Phi) is 3.22. The molecule has 1 aromatic carbocycles. The van der Waals surface area contributed by atoms with E-state index in [0.717, 1.165) is 10.4 Å². The molecule has 2 rings (SSSR count). The molecule has 1 N–H and O–H groups in total. The van der Waals surface area contributed by atoms with E-state index in [1.165, 1.54) is 11.3 Å². The number of sulfonamides is 1. The molecule has 0 unspecified atom stereocenters. The lowest BCUT2D eigenvalue weighted by Crippen LogP contribution is -2.11. The zero-order chi connectivity index (χ0) is 12.5. The highest BCUT2D eigenvalue weighted by Crippen LogP contribution is 2.23. The van der Waals surface area contributed by atoms with Gasteiger partial charge in [0.05, 0.1) is 0 Å². The summed E-state index contributed by atoms with van der Waals surface area (Å²) in [5.41, 5.74) is 1.61. The second-order valence-corrected chi connectivity index (χ2v) is 7.04. The third kappa shape index (κ3) is 2.87. The predicted molar refractivity (Wildman–Crippen MR) is 71.0 cm³/mol. The molecular weight excluding hydrogens is 254 g/mol. The molecule has 0 aliphatic rings. The zero-order valence-electron chi connectivity index (χ0n) is 9.60. The minimum Gasteiger partial charge on any atom is -0.279 e. The Balaban J connectivity index is 2.29. The lowest BCUT2D eigenvalue weighted by molar-refractivity contribution is 0.603. The van der Waals surface area contributed by atoms with Gasteiger partial charge in [0.25, 0.3) is 10.0 Å². The summed E-state index contributed by atoms with van der Waals surface area (Å²) in [7, 11) is -3.44. The smallest absolute Gasteiger partial charge is 0.271 e. The Morgan fingerprint density at radius 3 is 2.47 bits per heavy atom. The van der Waals surface area contributed by atoms with Crippen LogP contribution in [0.3, 0.4) is 0 Å². The van der Waals surface area contributed by atoms with Crippen molar-refractivity contribution in [2.75, 3.05) is 4.72 Å². The van der Waals surface area contributed by atoms with Crippen molar-refractivity contribution < 1.29 is 8.42 Å². The number of rotatable bonds is 3. The van der Waals surface area contributed by atoms with Crippen LogP contribution in [0.15, 0.2) is 40.6 Å².